The molecule has 1 amide bonds. The van der Waals surface area contributed by atoms with Crippen LogP contribution in [0.3, 0.4) is 0 Å². The van der Waals surface area contributed by atoms with E-state index >= 15 is 0 Å². The molecule has 0 saturated carbocycles. The molecule has 0 saturated heterocycles. The van der Waals surface area contributed by atoms with E-state index in [2.05, 4.69) is 0 Å². The number of halogens is 3. The Bertz CT molecular complexity index is 607. The highest BCUT2D eigenvalue weighted by Gasteiger charge is 2.42. The zero-order valence-corrected chi connectivity index (χ0v) is 13.7. The van der Waals surface area contributed by atoms with E-state index in [4.69, 9.17) is 15.2 Å². The fourth-order valence-electron chi connectivity index (χ4n) is 2.77. The van der Waals surface area contributed by atoms with Gasteiger partial charge >= 0.3 is 12.3 Å². The number of hydrogen-bond acceptors (Lipinski definition) is 4. The summed E-state index contributed by atoms with van der Waals surface area (Å²) in [5.74, 6) is 0. The number of nitrogens with zero attached hydrogens (tertiary/aromatic N) is 1. The third-order valence-corrected chi connectivity index (χ3v) is 4.23. The van der Waals surface area contributed by atoms with Gasteiger partial charge in [0.1, 0.15) is 6.61 Å². The third kappa shape index (κ3) is 3.64. The van der Waals surface area contributed by atoms with Gasteiger partial charge in [0.05, 0.1) is 23.5 Å². The standard InChI is InChI=1S/C16H21F3N2O3/c1-3-15(20)7-6-11-10-12(16(17,18)19)4-5-13(11)21(15)14(22)24-9-8-23-2/h4-5,10H,3,6-9,20H2,1-2H3. The monoisotopic (exact) mass is 346 g/mol. The molecular formula is C16H21F3N2O3. The Morgan fingerprint density at radius 2 is 2.08 bits per heavy atom. The van der Waals surface area contributed by atoms with Gasteiger partial charge in [-0.1, -0.05) is 6.92 Å². The van der Waals surface area contributed by atoms with E-state index in [9.17, 15) is 18.0 Å². The van der Waals surface area contributed by atoms with Gasteiger partial charge in [-0.2, -0.15) is 13.2 Å². The number of aryl methyl sites for hydroxylation is 1. The molecule has 0 radical (unpaired) electrons. The van der Waals surface area contributed by atoms with E-state index in [1.54, 1.807) is 0 Å². The lowest BCUT2D eigenvalue weighted by Crippen LogP contribution is -2.61. The van der Waals surface area contributed by atoms with Crippen LogP contribution in [0.5, 0.6) is 0 Å². The van der Waals surface area contributed by atoms with Crippen molar-refractivity contribution in [3.63, 3.8) is 0 Å². The van der Waals surface area contributed by atoms with Crippen LogP contribution in [-0.2, 0) is 22.1 Å². The predicted octanol–water partition coefficient (Wildman–Crippen LogP) is 3.31. The van der Waals surface area contributed by atoms with Crippen LogP contribution in [0.25, 0.3) is 0 Å². The number of benzene rings is 1. The summed E-state index contributed by atoms with van der Waals surface area (Å²) in [7, 11) is 1.47. The first-order valence-corrected chi connectivity index (χ1v) is 7.68. The van der Waals surface area contributed by atoms with Crippen LogP contribution >= 0.6 is 0 Å². The van der Waals surface area contributed by atoms with Crippen LogP contribution in [0, 0.1) is 0 Å². The van der Waals surface area contributed by atoms with Crippen molar-refractivity contribution in [2.75, 3.05) is 25.2 Å². The number of fused-ring (bicyclic) bond motifs is 1. The lowest BCUT2D eigenvalue weighted by Gasteiger charge is -2.44. The van der Waals surface area contributed by atoms with Gasteiger partial charge in [-0.15, -0.1) is 0 Å². The fourth-order valence-corrected chi connectivity index (χ4v) is 2.77. The number of rotatable bonds is 4. The van der Waals surface area contributed by atoms with E-state index < -0.39 is 23.5 Å². The van der Waals surface area contributed by atoms with Gasteiger partial charge in [0.2, 0.25) is 0 Å². The molecule has 8 heteroatoms. The topological polar surface area (TPSA) is 64.8 Å². The van der Waals surface area contributed by atoms with E-state index in [1.807, 2.05) is 6.92 Å². The molecule has 1 aliphatic heterocycles. The van der Waals surface area contributed by atoms with E-state index in [-0.39, 0.29) is 13.2 Å². The van der Waals surface area contributed by atoms with Gasteiger partial charge in [-0.05, 0) is 43.0 Å². The minimum absolute atomic E-state index is 0.0432. The maximum absolute atomic E-state index is 12.9. The number of carbonyl (C=O) groups excluding carboxylic acids is 1. The van der Waals surface area contributed by atoms with Gasteiger partial charge in [0, 0.05) is 7.11 Å². The van der Waals surface area contributed by atoms with Crippen molar-refractivity contribution >= 4 is 11.8 Å². The molecule has 1 heterocycles. The van der Waals surface area contributed by atoms with Gasteiger partial charge in [-0.25, -0.2) is 4.79 Å². The van der Waals surface area contributed by atoms with Gasteiger partial charge < -0.3 is 15.2 Å². The van der Waals surface area contributed by atoms with E-state index in [0.717, 1.165) is 12.1 Å². The van der Waals surface area contributed by atoms with Crippen molar-refractivity contribution in [3.8, 4) is 0 Å². The third-order valence-electron chi connectivity index (χ3n) is 4.23. The largest absolute Gasteiger partial charge is 0.447 e. The number of hydrogen-bond donors (Lipinski definition) is 1. The summed E-state index contributed by atoms with van der Waals surface area (Å²) in [5, 5.41) is 0. The highest BCUT2D eigenvalue weighted by molar-refractivity contribution is 5.91. The lowest BCUT2D eigenvalue weighted by atomic mass is 9.89. The number of alkyl halides is 3. The molecule has 134 valence electrons. The Morgan fingerprint density at radius 1 is 1.38 bits per heavy atom. The SMILES string of the molecule is CCC1(N)CCc2cc(C(F)(F)F)ccc2N1C(=O)OCCOC. The van der Waals surface area contributed by atoms with E-state index in [1.165, 1.54) is 18.1 Å². The summed E-state index contributed by atoms with van der Waals surface area (Å²) in [6, 6.07) is 3.31. The average molecular weight is 346 g/mol. The Labute approximate surface area is 138 Å². The van der Waals surface area contributed by atoms with Gasteiger partial charge in [-0.3, -0.25) is 4.90 Å². The van der Waals surface area contributed by atoms with Crippen molar-refractivity contribution in [2.24, 2.45) is 5.73 Å². The minimum atomic E-state index is -4.43. The highest BCUT2D eigenvalue weighted by Crippen LogP contribution is 2.40. The number of ether oxygens (including phenoxy) is 2. The molecule has 24 heavy (non-hydrogen) atoms. The molecule has 0 fully saturated rings. The molecule has 0 aromatic heterocycles. The smallest absolute Gasteiger partial charge is 0.416 e. The summed E-state index contributed by atoms with van der Waals surface area (Å²) < 4.78 is 48.6. The maximum atomic E-state index is 12.9. The first kappa shape index (κ1) is 18.5. The van der Waals surface area contributed by atoms with Crippen LogP contribution < -0.4 is 10.6 Å². The molecule has 1 aliphatic rings. The first-order valence-electron chi connectivity index (χ1n) is 7.68. The second kappa shape index (κ2) is 6.98. The lowest BCUT2D eigenvalue weighted by molar-refractivity contribution is -0.137. The second-order valence-electron chi connectivity index (χ2n) is 5.74. The zero-order valence-electron chi connectivity index (χ0n) is 13.7. The molecule has 1 aromatic carbocycles. The predicted molar refractivity (Wildman–Crippen MR) is 82.7 cm³/mol. The molecule has 1 unspecified atom stereocenters. The van der Waals surface area contributed by atoms with E-state index in [0.29, 0.717) is 30.5 Å². The number of anilines is 1. The molecule has 0 aliphatic carbocycles. The fraction of sp³-hybridized carbons (Fsp3) is 0.562. The van der Waals surface area contributed by atoms with Crippen LogP contribution in [0.4, 0.5) is 23.7 Å². The quantitative estimate of drug-likeness (QED) is 0.850. The van der Waals surface area contributed by atoms with Crippen molar-refractivity contribution in [3.05, 3.63) is 29.3 Å². The first-order chi connectivity index (χ1) is 11.2. The summed E-state index contributed by atoms with van der Waals surface area (Å²) in [6.45, 7) is 2.09. The Hall–Kier alpha value is -1.80. The minimum Gasteiger partial charge on any atom is -0.447 e. The molecule has 0 spiro atoms. The second-order valence-corrected chi connectivity index (χ2v) is 5.74. The average Bonchev–Trinajstić information content (AvgIpc) is 2.53. The Balaban J connectivity index is 2.38. The van der Waals surface area contributed by atoms with Crippen LogP contribution in [0.1, 0.15) is 30.9 Å². The van der Waals surface area contributed by atoms with Gasteiger partial charge in [0.15, 0.2) is 0 Å². The number of nitrogens with two attached hydrogens (primary N) is 1. The molecular weight excluding hydrogens is 325 g/mol. The number of methoxy groups -OCH3 is 1. The molecule has 2 rings (SSSR count). The van der Waals surface area contributed by atoms with Crippen molar-refractivity contribution in [1.29, 1.82) is 0 Å². The van der Waals surface area contributed by atoms with Gasteiger partial charge in [0.25, 0.3) is 0 Å². The molecule has 1 aromatic rings. The van der Waals surface area contributed by atoms with Crippen molar-refractivity contribution in [2.45, 2.75) is 38.0 Å². The molecule has 5 nitrogen and oxygen atoms in total. The zero-order chi connectivity index (χ0) is 18.0. The summed E-state index contributed by atoms with van der Waals surface area (Å²) in [6.07, 6.45) is -3.94. The van der Waals surface area contributed by atoms with Crippen LogP contribution in [0.15, 0.2) is 18.2 Å². The highest BCUT2D eigenvalue weighted by atomic mass is 19.4. The van der Waals surface area contributed by atoms with Crippen LogP contribution in [0.2, 0.25) is 0 Å². The summed E-state index contributed by atoms with van der Waals surface area (Å²) in [4.78, 5) is 13.7. The molecule has 0 bridgehead atoms. The normalized spacial score (nSPS) is 20.7. The number of amides is 1. The van der Waals surface area contributed by atoms with Crippen molar-refractivity contribution in [1.82, 2.24) is 0 Å². The molecule has 2 N–H and O–H groups in total. The summed E-state index contributed by atoms with van der Waals surface area (Å²) in [5.41, 5.74) is 5.38. The Kier molecular flexibility index (Phi) is 5.39. The number of carbonyl (C=O) groups is 1. The summed E-state index contributed by atoms with van der Waals surface area (Å²) >= 11 is 0. The molecule has 1 atom stereocenters. The van der Waals surface area contributed by atoms with Crippen LogP contribution in [-0.4, -0.2) is 32.1 Å². The Morgan fingerprint density at radius 3 is 2.67 bits per heavy atom. The maximum Gasteiger partial charge on any atom is 0.416 e. The van der Waals surface area contributed by atoms with Crippen molar-refractivity contribution < 1.29 is 27.4 Å².